The summed E-state index contributed by atoms with van der Waals surface area (Å²) in [6.45, 7) is -0.0569. The molecule has 3 aromatic carbocycles. The van der Waals surface area contributed by atoms with Crippen LogP contribution >= 0.6 is 15.9 Å². The standard InChI is InChI=1S/C23H19BrN2O3/c1-29-20-10-6-5-9-19(20)25-15-21(27)26(18-13-11-17(24)12-14-18)22(23(25)28)16-7-3-2-4-8-16/h2-14,22H,15H2,1H3/t22-/m1/s1. The number of hydrogen-bond acceptors (Lipinski definition) is 3. The third-order valence-corrected chi connectivity index (χ3v) is 5.44. The van der Waals surface area contributed by atoms with Crippen LogP contribution in [-0.4, -0.2) is 25.5 Å². The number of carbonyl (C=O) groups excluding carboxylic acids is 2. The molecule has 0 saturated carbocycles. The van der Waals surface area contributed by atoms with E-state index in [0.29, 0.717) is 17.1 Å². The number of benzene rings is 3. The predicted octanol–water partition coefficient (Wildman–Crippen LogP) is 4.58. The number of anilines is 2. The summed E-state index contributed by atoms with van der Waals surface area (Å²) < 4.78 is 6.33. The Hall–Kier alpha value is -3.12. The molecular weight excluding hydrogens is 432 g/mol. The van der Waals surface area contributed by atoms with Crippen molar-refractivity contribution < 1.29 is 14.3 Å². The molecule has 1 heterocycles. The summed E-state index contributed by atoms with van der Waals surface area (Å²) in [5, 5.41) is 0. The van der Waals surface area contributed by atoms with Gasteiger partial charge in [0.25, 0.3) is 5.91 Å². The Kier molecular flexibility index (Phi) is 5.36. The highest BCUT2D eigenvalue weighted by atomic mass is 79.9. The van der Waals surface area contributed by atoms with Gasteiger partial charge in [-0.3, -0.25) is 19.4 Å². The first kappa shape index (κ1) is 19.2. The zero-order chi connectivity index (χ0) is 20.4. The van der Waals surface area contributed by atoms with Crippen molar-refractivity contribution >= 4 is 39.1 Å². The molecule has 3 aromatic rings. The minimum atomic E-state index is -0.761. The SMILES string of the molecule is COc1ccccc1N1CC(=O)N(c2ccc(Br)cc2)[C@H](c2ccccc2)C1=O. The topological polar surface area (TPSA) is 49.9 Å². The van der Waals surface area contributed by atoms with Gasteiger partial charge in [-0.2, -0.15) is 0 Å². The van der Waals surface area contributed by atoms with Gasteiger partial charge in [0.1, 0.15) is 18.3 Å². The van der Waals surface area contributed by atoms with Crippen LogP contribution in [0.2, 0.25) is 0 Å². The van der Waals surface area contributed by atoms with Crippen molar-refractivity contribution in [3.8, 4) is 5.75 Å². The average Bonchev–Trinajstić information content (AvgIpc) is 2.76. The van der Waals surface area contributed by atoms with Gasteiger partial charge < -0.3 is 4.74 Å². The van der Waals surface area contributed by atoms with E-state index in [4.69, 9.17) is 4.74 Å². The first-order valence-corrected chi connectivity index (χ1v) is 9.96. The van der Waals surface area contributed by atoms with Crippen LogP contribution in [0.15, 0.2) is 83.3 Å². The molecule has 0 bridgehead atoms. The third kappa shape index (κ3) is 3.63. The van der Waals surface area contributed by atoms with E-state index in [2.05, 4.69) is 15.9 Å². The smallest absolute Gasteiger partial charge is 0.255 e. The molecule has 1 aliphatic heterocycles. The fourth-order valence-electron chi connectivity index (χ4n) is 3.57. The normalized spacial score (nSPS) is 16.8. The van der Waals surface area contributed by atoms with E-state index in [9.17, 15) is 9.59 Å². The Bertz CT molecular complexity index is 1040. The van der Waals surface area contributed by atoms with Gasteiger partial charge in [-0.1, -0.05) is 58.4 Å². The van der Waals surface area contributed by atoms with Gasteiger partial charge in [-0.05, 0) is 42.0 Å². The summed E-state index contributed by atoms with van der Waals surface area (Å²) >= 11 is 3.42. The number of carbonyl (C=O) groups is 2. The molecular formula is C23H19BrN2O3. The maximum absolute atomic E-state index is 13.7. The van der Waals surface area contributed by atoms with Crippen molar-refractivity contribution in [3.63, 3.8) is 0 Å². The molecule has 1 fully saturated rings. The Morgan fingerprint density at radius 1 is 0.897 bits per heavy atom. The van der Waals surface area contributed by atoms with E-state index < -0.39 is 6.04 Å². The molecule has 2 amide bonds. The van der Waals surface area contributed by atoms with Crippen molar-refractivity contribution in [2.45, 2.75) is 6.04 Å². The van der Waals surface area contributed by atoms with Crippen LogP contribution in [-0.2, 0) is 9.59 Å². The Morgan fingerprint density at radius 3 is 2.24 bits per heavy atom. The van der Waals surface area contributed by atoms with E-state index in [1.165, 1.54) is 4.90 Å². The van der Waals surface area contributed by atoms with E-state index >= 15 is 0 Å². The Balaban J connectivity index is 1.82. The largest absolute Gasteiger partial charge is 0.495 e. The number of para-hydroxylation sites is 2. The maximum Gasteiger partial charge on any atom is 0.255 e. The molecule has 0 aromatic heterocycles. The molecule has 5 nitrogen and oxygen atoms in total. The lowest BCUT2D eigenvalue weighted by molar-refractivity contribution is -0.128. The van der Waals surface area contributed by atoms with Gasteiger partial charge in [0, 0.05) is 10.2 Å². The predicted molar refractivity (Wildman–Crippen MR) is 116 cm³/mol. The summed E-state index contributed by atoms with van der Waals surface area (Å²) in [5.41, 5.74) is 2.03. The molecule has 146 valence electrons. The summed E-state index contributed by atoms with van der Waals surface area (Å²) in [5.74, 6) is 0.215. The minimum absolute atomic E-state index is 0.0569. The van der Waals surface area contributed by atoms with E-state index in [-0.39, 0.29) is 18.4 Å². The summed E-state index contributed by atoms with van der Waals surface area (Å²) in [4.78, 5) is 30.0. The Labute approximate surface area is 177 Å². The highest BCUT2D eigenvalue weighted by molar-refractivity contribution is 9.10. The quantitative estimate of drug-likeness (QED) is 0.584. The summed E-state index contributed by atoms with van der Waals surface area (Å²) in [6, 6.07) is 23.2. The van der Waals surface area contributed by atoms with Crippen LogP contribution in [0.3, 0.4) is 0 Å². The lowest BCUT2D eigenvalue weighted by Gasteiger charge is -2.40. The molecule has 29 heavy (non-hydrogen) atoms. The number of halogens is 1. The number of methoxy groups -OCH3 is 1. The van der Waals surface area contributed by atoms with Gasteiger partial charge in [-0.25, -0.2) is 0 Å². The van der Waals surface area contributed by atoms with Gasteiger partial charge in [-0.15, -0.1) is 0 Å². The van der Waals surface area contributed by atoms with E-state index in [0.717, 1.165) is 10.0 Å². The summed E-state index contributed by atoms with van der Waals surface area (Å²) in [6.07, 6.45) is 0. The second-order valence-corrected chi connectivity index (χ2v) is 7.57. The molecule has 0 N–H and O–H groups in total. The van der Waals surface area contributed by atoms with Crippen LogP contribution in [0.4, 0.5) is 11.4 Å². The van der Waals surface area contributed by atoms with Crippen LogP contribution in [0.1, 0.15) is 11.6 Å². The third-order valence-electron chi connectivity index (χ3n) is 4.92. The molecule has 6 heteroatoms. The molecule has 4 rings (SSSR count). The number of rotatable bonds is 4. The lowest BCUT2D eigenvalue weighted by Crippen LogP contribution is -2.56. The van der Waals surface area contributed by atoms with Gasteiger partial charge >= 0.3 is 0 Å². The van der Waals surface area contributed by atoms with Crippen LogP contribution in [0.5, 0.6) is 5.75 Å². The number of amides is 2. The second kappa shape index (κ2) is 8.09. The zero-order valence-corrected chi connectivity index (χ0v) is 17.4. The van der Waals surface area contributed by atoms with Gasteiger partial charge in [0.05, 0.1) is 12.8 Å². The van der Waals surface area contributed by atoms with Gasteiger partial charge in [0.2, 0.25) is 5.91 Å². The maximum atomic E-state index is 13.7. The number of nitrogens with zero attached hydrogens (tertiary/aromatic N) is 2. The van der Waals surface area contributed by atoms with Gasteiger partial charge in [0.15, 0.2) is 0 Å². The number of ether oxygens (including phenoxy) is 1. The van der Waals surface area contributed by atoms with Crippen LogP contribution < -0.4 is 14.5 Å². The lowest BCUT2D eigenvalue weighted by atomic mass is 9.99. The fraction of sp³-hybridized carbons (Fsp3) is 0.130. The molecule has 1 aliphatic rings. The molecule has 1 saturated heterocycles. The molecule has 1 atom stereocenters. The fourth-order valence-corrected chi connectivity index (χ4v) is 3.83. The first-order chi connectivity index (χ1) is 14.1. The number of hydrogen-bond donors (Lipinski definition) is 0. The van der Waals surface area contributed by atoms with Crippen molar-refractivity contribution in [3.05, 3.63) is 88.9 Å². The second-order valence-electron chi connectivity index (χ2n) is 6.65. The highest BCUT2D eigenvalue weighted by Crippen LogP contribution is 2.37. The van der Waals surface area contributed by atoms with Crippen molar-refractivity contribution in [2.24, 2.45) is 0 Å². The molecule has 0 radical (unpaired) electrons. The minimum Gasteiger partial charge on any atom is -0.495 e. The summed E-state index contributed by atoms with van der Waals surface area (Å²) in [7, 11) is 1.55. The van der Waals surface area contributed by atoms with Crippen molar-refractivity contribution in [1.29, 1.82) is 0 Å². The van der Waals surface area contributed by atoms with E-state index in [1.54, 1.807) is 24.1 Å². The van der Waals surface area contributed by atoms with Crippen LogP contribution in [0, 0.1) is 0 Å². The van der Waals surface area contributed by atoms with Crippen molar-refractivity contribution in [2.75, 3.05) is 23.5 Å². The van der Waals surface area contributed by atoms with E-state index in [1.807, 2.05) is 66.7 Å². The highest BCUT2D eigenvalue weighted by Gasteiger charge is 2.42. The zero-order valence-electron chi connectivity index (χ0n) is 15.8. The number of piperazine rings is 1. The molecule has 0 spiro atoms. The first-order valence-electron chi connectivity index (χ1n) is 9.17. The Morgan fingerprint density at radius 2 is 1.55 bits per heavy atom. The van der Waals surface area contributed by atoms with Crippen LogP contribution in [0.25, 0.3) is 0 Å². The van der Waals surface area contributed by atoms with Crippen molar-refractivity contribution in [1.82, 2.24) is 0 Å². The molecule has 0 aliphatic carbocycles. The average molecular weight is 451 g/mol. The molecule has 0 unspecified atom stereocenters. The monoisotopic (exact) mass is 450 g/mol.